The first-order chi connectivity index (χ1) is 9.67. The van der Waals surface area contributed by atoms with Crippen molar-refractivity contribution in [2.45, 2.75) is 19.3 Å². The molecule has 3 atom stereocenters. The van der Waals surface area contributed by atoms with E-state index in [1.54, 1.807) is 17.0 Å². The van der Waals surface area contributed by atoms with Gasteiger partial charge in [0.2, 0.25) is 5.91 Å². The van der Waals surface area contributed by atoms with Crippen molar-refractivity contribution in [1.82, 2.24) is 4.90 Å². The first kappa shape index (κ1) is 13.6. The van der Waals surface area contributed by atoms with E-state index < -0.39 is 6.61 Å². The third-order valence-electron chi connectivity index (χ3n) is 4.88. The zero-order valence-electron chi connectivity index (χ0n) is 11.5. The number of carbonyl (C=O) groups is 1. The Balaban J connectivity index is 1.66. The molecule has 0 unspecified atom stereocenters. The van der Waals surface area contributed by atoms with Crippen LogP contribution >= 0.6 is 0 Å². The summed E-state index contributed by atoms with van der Waals surface area (Å²) in [5.41, 5.74) is 1.04. The second-order valence-electron chi connectivity index (χ2n) is 6.05. The van der Waals surface area contributed by atoms with E-state index in [9.17, 15) is 9.18 Å². The lowest BCUT2D eigenvalue weighted by atomic mass is 9.87. The van der Waals surface area contributed by atoms with Crippen LogP contribution in [0.25, 0.3) is 0 Å². The molecule has 1 heterocycles. The topological polar surface area (TPSA) is 40.5 Å². The molecule has 1 aromatic rings. The summed E-state index contributed by atoms with van der Waals surface area (Å²) in [7, 11) is 0. The average molecular weight is 277 g/mol. The zero-order chi connectivity index (χ0) is 14.1. The van der Waals surface area contributed by atoms with Crippen molar-refractivity contribution in [1.29, 1.82) is 0 Å². The van der Waals surface area contributed by atoms with Gasteiger partial charge in [0.25, 0.3) is 0 Å². The standard InChI is InChI=1S/C16H20FNO2/c17-14-3-1-2-11(7-14)6-12-4-5-13-8-18(9-15(12)13)16(20)10-19/h1-3,7,12-13,15,19H,4-6,8-10H2/t12-,13-,15-/m1/s1. The molecule has 0 aromatic heterocycles. The molecule has 2 fully saturated rings. The van der Waals surface area contributed by atoms with Crippen LogP contribution < -0.4 is 0 Å². The molecule has 1 saturated carbocycles. The minimum absolute atomic E-state index is 0.163. The minimum Gasteiger partial charge on any atom is -0.387 e. The van der Waals surface area contributed by atoms with Gasteiger partial charge in [-0.2, -0.15) is 0 Å². The zero-order valence-corrected chi connectivity index (χ0v) is 11.5. The highest BCUT2D eigenvalue weighted by molar-refractivity contribution is 5.77. The maximum atomic E-state index is 13.2. The number of aliphatic hydroxyl groups is 1. The predicted molar refractivity (Wildman–Crippen MR) is 73.5 cm³/mol. The van der Waals surface area contributed by atoms with Gasteiger partial charge in [0.05, 0.1) is 0 Å². The Hall–Kier alpha value is -1.42. The average Bonchev–Trinajstić information content (AvgIpc) is 3.00. The van der Waals surface area contributed by atoms with Crippen molar-refractivity contribution in [2.75, 3.05) is 19.7 Å². The number of amides is 1. The molecule has 108 valence electrons. The SMILES string of the molecule is O=C(CO)N1C[C@H]2CC[C@H](Cc3cccc(F)c3)[C@H]2C1. The van der Waals surface area contributed by atoms with Crippen LogP contribution in [0.3, 0.4) is 0 Å². The third-order valence-corrected chi connectivity index (χ3v) is 4.88. The number of hydrogen-bond acceptors (Lipinski definition) is 2. The quantitative estimate of drug-likeness (QED) is 0.916. The number of nitrogens with zero attached hydrogens (tertiary/aromatic N) is 1. The highest BCUT2D eigenvalue weighted by Gasteiger charge is 2.43. The van der Waals surface area contributed by atoms with Crippen molar-refractivity contribution in [3.8, 4) is 0 Å². The highest BCUT2D eigenvalue weighted by atomic mass is 19.1. The first-order valence-electron chi connectivity index (χ1n) is 7.30. The van der Waals surface area contributed by atoms with Gasteiger partial charge in [0.1, 0.15) is 12.4 Å². The monoisotopic (exact) mass is 277 g/mol. The van der Waals surface area contributed by atoms with E-state index in [1.165, 1.54) is 6.07 Å². The van der Waals surface area contributed by atoms with Crippen LogP contribution in [-0.2, 0) is 11.2 Å². The van der Waals surface area contributed by atoms with E-state index in [1.807, 2.05) is 6.07 Å². The fourth-order valence-corrected chi connectivity index (χ4v) is 3.90. The second kappa shape index (κ2) is 5.52. The van der Waals surface area contributed by atoms with Crippen LogP contribution in [0.1, 0.15) is 18.4 Å². The Labute approximate surface area is 118 Å². The van der Waals surface area contributed by atoms with E-state index in [4.69, 9.17) is 5.11 Å². The smallest absolute Gasteiger partial charge is 0.248 e. The van der Waals surface area contributed by atoms with Gasteiger partial charge in [-0.15, -0.1) is 0 Å². The van der Waals surface area contributed by atoms with Crippen LogP contribution in [-0.4, -0.2) is 35.6 Å². The first-order valence-corrected chi connectivity index (χ1v) is 7.30. The largest absolute Gasteiger partial charge is 0.387 e. The number of likely N-dealkylation sites (tertiary alicyclic amines) is 1. The van der Waals surface area contributed by atoms with Crippen molar-refractivity contribution < 1.29 is 14.3 Å². The Morgan fingerprint density at radius 1 is 1.35 bits per heavy atom. The van der Waals surface area contributed by atoms with Crippen molar-refractivity contribution in [3.63, 3.8) is 0 Å². The fraction of sp³-hybridized carbons (Fsp3) is 0.562. The molecule has 1 aliphatic carbocycles. The molecule has 1 aliphatic heterocycles. The molecule has 20 heavy (non-hydrogen) atoms. The summed E-state index contributed by atoms with van der Waals surface area (Å²) < 4.78 is 13.2. The summed E-state index contributed by atoms with van der Waals surface area (Å²) in [5, 5.41) is 8.96. The van der Waals surface area contributed by atoms with E-state index in [-0.39, 0.29) is 11.7 Å². The third kappa shape index (κ3) is 2.57. The van der Waals surface area contributed by atoms with Crippen LogP contribution in [0.5, 0.6) is 0 Å². The maximum Gasteiger partial charge on any atom is 0.248 e. The van der Waals surface area contributed by atoms with Crippen molar-refractivity contribution in [2.24, 2.45) is 17.8 Å². The summed E-state index contributed by atoms with van der Waals surface area (Å²) in [4.78, 5) is 13.4. The molecule has 2 aliphatic rings. The highest BCUT2D eigenvalue weighted by Crippen LogP contribution is 2.43. The minimum atomic E-state index is -0.395. The van der Waals surface area contributed by atoms with Crippen LogP contribution in [0.15, 0.2) is 24.3 Å². The van der Waals surface area contributed by atoms with Gasteiger partial charge in [0.15, 0.2) is 0 Å². The molecule has 0 spiro atoms. The van der Waals surface area contributed by atoms with Gasteiger partial charge < -0.3 is 10.0 Å². The molecule has 1 saturated heterocycles. The normalized spacial score (nSPS) is 28.7. The van der Waals surface area contributed by atoms with Gasteiger partial charge in [-0.1, -0.05) is 12.1 Å². The molecule has 3 rings (SSSR count). The number of rotatable bonds is 3. The summed E-state index contributed by atoms with van der Waals surface area (Å²) in [5.74, 6) is 1.25. The number of benzene rings is 1. The molecule has 0 radical (unpaired) electrons. The number of hydrogen-bond donors (Lipinski definition) is 1. The predicted octanol–water partition coefficient (Wildman–Crippen LogP) is 1.85. The van der Waals surface area contributed by atoms with Gasteiger partial charge in [-0.05, 0) is 54.7 Å². The van der Waals surface area contributed by atoms with Crippen LogP contribution in [0.2, 0.25) is 0 Å². The molecule has 1 N–H and O–H groups in total. The summed E-state index contributed by atoms with van der Waals surface area (Å²) >= 11 is 0. The maximum absolute atomic E-state index is 13.2. The van der Waals surface area contributed by atoms with Gasteiger partial charge >= 0.3 is 0 Å². The molecular formula is C16H20FNO2. The molecule has 1 aromatic carbocycles. The van der Waals surface area contributed by atoms with E-state index >= 15 is 0 Å². The lowest BCUT2D eigenvalue weighted by molar-refractivity contribution is -0.133. The number of halogens is 1. The fourth-order valence-electron chi connectivity index (χ4n) is 3.90. The van der Waals surface area contributed by atoms with Crippen molar-refractivity contribution >= 4 is 5.91 Å². The molecular weight excluding hydrogens is 257 g/mol. The van der Waals surface area contributed by atoms with Gasteiger partial charge in [0, 0.05) is 13.1 Å². The van der Waals surface area contributed by atoms with E-state index in [0.29, 0.717) is 17.8 Å². The number of fused-ring (bicyclic) bond motifs is 1. The summed E-state index contributed by atoms with van der Waals surface area (Å²) in [6, 6.07) is 6.81. The molecule has 4 heteroatoms. The number of aliphatic hydroxyl groups excluding tert-OH is 1. The number of carbonyl (C=O) groups excluding carboxylic acids is 1. The Morgan fingerprint density at radius 2 is 2.20 bits per heavy atom. The Bertz CT molecular complexity index is 505. The van der Waals surface area contributed by atoms with Crippen molar-refractivity contribution in [3.05, 3.63) is 35.6 Å². The molecule has 0 bridgehead atoms. The molecule has 1 amide bonds. The Kier molecular flexibility index (Phi) is 3.74. The Morgan fingerprint density at radius 3 is 2.95 bits per heavy atom. The van der Waals surface area contributed by atoms with Crippen LogP contribution in [0, 0.1) is 23.6 Å². The lowest BCUT2D eigenvalue weighted by Crippen LogP contribution is -2.32. The van der Waals surface area contributed by atoms with E-state index in [2.05, 4.69) is 0 Å². The second-order valence-corrected chi connectivity index (χ2v) is 6.05. The molecule has 3 nitrogen and oxygen atoms in total. The lowest BCUT2D eigenvalue weighted by Gasteiger charge is -2.20. The van der Waals surface area contributed by atoms with Gasteiger partial charge in [-0.25, -0.2) is 4.39 Å². The summed E-state index contributed by atoms with van der Waals surface area (Å²) in [6.45, 7) is 1.14. The summed E-state index contributed by atoms with van der Waals surface area (Å²) in [6.07, 6.45) is 3.19. The van der Waals surface area contributed by atoms with E-state index in [0.717, 1.165) is 37.9 Å². The van der Waals surface area contributed by atoms with Gasteiger partial charge in [-0.3, -0.25) is 4.79 Å². The van der Waals surface area contributed by atoms with Crippen LogP contribution in [0.4, 0.5) is 4.39 Å².